The Morgan fingerprint density at radius 1 is 1.03 bits per heavy atom. The molecule has 2 aromatic carbocycles. The third-order valence-electron chi connectivity index (χ3n) is 7.32. The zero-order chi connectivity index (χ0) is 26.4. The molecule has 1 atom stereocenters. The summed E-state index contributed by atoms with van der Waals surface area (Å²) in [6, 6.07) is 19.6. The molecule has 1 unspecified atom stereocenters. The van der Waals surface area contributed by atoms with Crippen LogP contribution in [0.1, 0.15) is 50.4 Å². The topological polar surface area (TPSA) is 76.1 Å². The van der Waals surface area contributed by atoms with E-state index in [0.717, 1.165) is 28.9 Å². The van der Waals surface area contributed by atoms with Gasteiger partial charge in [-0.2, -0.15) is 0 Å². The van der Waals surface area contributed by atoms with Gasteiger partial charge < -0.3 is 19.5 Å². The SMILES string of the molecule is CN(C)Cc1ccc(N=C(c2ccccn2)C2C(=O)Nc3cc(B4OC(C)(C)C(C)(C)O4)ccc32)cc1. The molecule has 0 saturated carbocycles. The Hall–Kier alpha value is -3.33. The van der Waals surface area contributed by atoms with Crippen LogP contribution in [0, 0.1) is 0 Å². The molecular formula is C29H33BN4O3. The number of anilines is 1. The fraction of sp³-hybridized carbons (Fsp3) is 0.345. The van der Waals surface area contributed by atoms with Crippen molar-refractivity contribution in [3.8, 4) is 0 Å². The molecule has 0 radical (unpaired) electrons. The van der Waals surface area contributed by atoms with E-state index >= 15 is 0 Å². The van der Waals surface area contributed by atoms with Gasteiger partial charge in [0.1, 0.15) is 5.92 Å². The van der Waals surface area contributed by atoms with E-state index in [9.17, 15) is 4.79 Å². The van der Waals surface area contributed by atoms with Crippen molar-refractivity contribution >= 4 is 35.6 Å². The molecule has 1 fully saturated rings. The number of benzene rings is 2. The van der Waals surface area contributed by atoms with Crippen molar-refractivity contribution in [2.75, 3.05) is 19.4 Å². The van der Waals surface area contributed by atoms with Crippen LogP contribution in [0.4, 0.5) is 11.4 Å². The van der Waals surface area contributed by atoms with Crippen LogP contribution >= 0.6 is 0 Å². The van der Waals surface area contributed by atoms with Crippen LogP contribution in [-0.4, -0.2) is 53.9 Å². The molecule has 3 heterocycles. The van der Waals surface area contributed by atoms with Gasteiger partial charge in [0, 0.05) is 18.4 Å². The van der Waals surface area contributed by atoms with Gasteiger partial charge in [-0.05, 0) is 88.7 Å². The zero-order valence-electron chi connectivity index (χ0n) is 22.3. The molecule has 1 saturated heterocycles. The highest BCUT2D eigenvalue weighted by molar-refractivity contribution is 6.62. The summed E-state index contributed by atoms with van der Waals surface area (Å²) in [6.07, 6.45) is 1.72. The van der Waals surface area contributed by atoms with Crippen molar-refractivity contribution in [3.05, 3.63) is 83.7 Å². The molecule has 0 bridgehead atoms. The average Bonchev–Trinajstić information content (AvgIpc) is 3.28. The lowest BCUT2D eigenvalue weighted by Gasteiger charge is -2.32. The first-order valence-electron chi connectivity index (χ1n) is 12.6. The summed E-state index contributed by atoms with van der Waals surface area (Å²) in [6.45, 7) is 8.96. The normalized spacial score (nSPS) is 20.3. The number of nitrogens with zero attached hydrogens (tertiary/aromatic N) is 3. The van der Waals surface area contributed by atoms with Crippen LogP contribution in [-0.2, 0) is 20.6 Å². The first-order valence-corrected chi connectivity index (χ1v) is 12.6. The second-order valence-electron chi connectivity index (χ2n) is 11.0. The van der Waals surface area contributed by atoms with Crippen LogP contribution in [0.2, 0.25) is 0 Å². The fourth-order valence-corrected chi connectivity index (χ4v) is 4.64. The minimum Gasteiger partial charge on any atom is -0.399 e. The molecule has 1 N–H and O–H groups in total. The molecular weight excluding hydrogens is 463 g/mol. The first-order chi connectivity index (χ1) is 17.5. The van der Waals surface area contributed by atoms with E-state index in [1.54, 1.807) is 6.20 Å². The maximum atomic E-state index is 13.4. The summed E-state index contributed by atoms with van der Waals surface area (Å²) < 4.78 is 12.4. The molecule has 190 valence electrons. The molecule has 2 aliphatic heterocycles. The standard InChI is InChI=1S/C29H33BN4O3/c1-28(2)29(3,4)37-30(36-28)20-12-15-22-24(17-20)33-27(35)25(22)26(23-9-7-8-16-31-23)32-21-13-10-19(11-14-21)18-34(5)6/h7-17,25H,18H2,1-6H3,(H,33,35). The lowest BCUT2D eigenvalue weighted by Crippen LogP contribution is -2.41. The second-order valence-corrected chi connectivity index (χ2v) is 11.0. The second kappa shape index (κ2) is 9.52. The number of pyridine rings is 1. The number of aromatic nitrogens is 1. The minimum absolute atomic E-state index is 0.130. The third-order valence-corrected chi connectivity index (χ3v) is 7.32. The van der Waals surface area contributed by atoms with Gasteiger partial charge in [-0.1, -0.05) is 30.3 Å². The maximum Gasteiger partial charge on any atom is 0.494 e. The number of hydrogen-bond donors (Lipinski definition) is 1. The van der Waals surface area contributed by atoms with Gasteiger partial charge in [-0.15, -0.1) is 0 Å². The van der Waals surface area contributed by atoms with Crippen molar-refractivity contribution in [2.24, 2.45) is 4.99 Å². The molecule has 0 spiro atoms. The number of carbonyl (C=O) groups is 1. The summed E-state index contributed by atoms with van der Waals surface area (Å²) in [5, 5.41) is 3.06. The Labute approximate surface area is 219 Å². The summed E-state index contributed by atoms with van der Waals surface area (Å²) >= 11 is 0. The third kappa shape index (κ3) is 4.97. The number of carbonyl (C=O) groups excluding carboxylic acids is 1. The Kier molecular flexibility index (Phi) is 6.52. The van der Waals surface area contributed by atoms with Crippen LogP contribution in [0.5, 0.6) is 0 Å². The highest BCUT2D eigenvalue weighted by Gasteiger charge is 2.52. The quantitative estimate of drug-likeness (QED) is 0.407. The average molecular weight is 496 g/mol. The molecule has 3 aromatic rings. The number of hydrogen-bond acceptors (Lipinski definition) is 6. The predicted octanol–water partition coefficient (Wildman–Crippen LogP) is 4.30. The minimum atomic E-state index is -0.585. The number of aliphatic imine (C=N–C) groups is 1. The van der Waals surface area contributed by atoms with Crippen molar-refractivity contribution in [1.82, 2.24) is 9.88 Å². The molecule has 1 amide bonds. The van der Waals surface area contributed by atoms with Gasteiger partial charge in [0.25, 0.3) is 0 Å². The van der Waals surface area contributed by atoms with E-state index in [-0.39, 0.29) is 5.91 Å². The Bertz CT molecular complexity index is 1320. The van der Waals surface area contributed by atoms with Crippen molar-refractivity contribution < 1.29 is 14.1 Å². The molecule has 8 heteroatoms. The number of nitrogens with one attached hydrogen (secondary N) is 1. The van der Waals surface area contributed by atoms with Gasteiger partial charge in [0.15, 0.2) is 0 Å². The lowest BCUT2D eigenvalue weighted by atomic mass is 9.78. The van der Waals surface area contributed by atoms with E-state index < -0.39 is 24.2 Å². The van der Waals surface area contributed by atoms with E-state index in [1.165, 1.54) is 5.56 Å². The first kappa shape index (κ1) is 25.3. The maximum absolute atomic E-state index is 13.4. The highest BCUT2D eigenvalue weighted by atomic mass is 16.7. The molecule has 1 aromatic heterocycles. The van der Waals surface area contributed by atoms with E-state index in [1.807, 2.05) is 90.3 Å². The van der Waals surface area contributed by atoms with Gasteiger partial charge in [-0.3, -0.25) is 9.78 Å². The fourth-order valence-electron chi connectivity index (χ4n) is 4.64. The summed E-state index contributed by atoms with van der Waals surface area (Å²) in [7, 11) is 3.58. The Morgan fingerprint density at radius 3 is 2.35 bits per heavy atom. The highest BCUT2D eigenvalue weighted by Crippen LogP contribution is 2.39. The van der Waals surface area contributed by atoms with E-state index in [0.29, 0.717) is 11.4 Å². The van der Waals surface area contributed by atoms with Crippen molar-refractivity contribution in [2.45, 2.75) is 51.4 Å². The Morgan fingerprint density at radius 2 is 1.73 bits per heavy atom. The van der Waals surface area contributed by atoms with Crippen LogP contribution < -0.4 is 10.8 Å². The number of rotatable bonds is 6. The number of amides is 1. The van der Waals surface area contributed by atoms with E-state index in [2.05, 4.69) is 27.3 Å². The lowest BCUT2D eigenvalue weighted by molar-refractivity contribution is -0.115. The van der Waals surface area contributed by atoms with Crippen LogP contribution in [0.25, 0.3) is 0 Å². The molecule has 0 aliphatic carbocycles. The van der Waals surface area contributed by atoms with Crippen molar-refractivity contribution in [1.29, 1.82) is 0 Å². The van der Waals surface area contributed by atoms with Crippen molar-refractivity contribution in [3.63, 3.8) is 0 Å². The molecule has 2 aliphatic rings. The largest absolute Gasteiger partial charge is 0.494 e. The summed E-state index contributed by atoms with van der Waals surface area (Å²) in [5.74, 6) is -0.714. The molecule has 7 nitrogen and oxygen atoms in total. The summed E-state index contributed by atoms with van der Waals surface area (Å²) in [4.78, 5) is 25.0. The smallest absolute Gasteiger partial charge is 0.399 e. The van der Waals surface area contributed by atoms with Gasteiger partial charge in [0.2, 0.25) is 5.91 Å². The monoisotopic (exact) mass is 496 g/mol. The zero-order valence-corrected chi connectivity index (χ0v) is 22.3. The van der Waals surface area contributed by atoms with Crippen LogP contribution in [0.3, 0.4) is 0 Å². The van der Waals surface area contributed by atoms with Gasteiger partial charge >= 0.3 is 7.12 Å². The molecule has 5 rings (SSSR count). The number of fused-ring (bicyclic) bond motifs is 1. The molecule has 37 heavy (non-hydrogen) atoms. The predicted molar refractivity (Wildman–Crippen MR) is 148 cm³/mol. The van der Waals surface area contributed by atoms with E-state index in [4.69, 9.17) is 14.3 Å². The Balaban J connectivity index is 1.51. The van der Waals surface area contributed by atoms with Crippen LogP contribution in [0.15, 0.2) is 71.9 Å². The van der Waals surface area contributed by atoms with Gasteiger partial charge in [-0.25, -0.2) is 4.99 Å². The van der Waals surface area contributed by atoms with Gasteiger partial charge in [0.05, 0.1) is 28.3 Å². The summed E-state index contributed by atoms with van der Waals surface area (Å²) in [5.41, 5.74) is 4.84.